The summed E-state index contributed by atoms with van der Waals surface area (Å²) >= 11 is 3.28. The van der Waals surface area contributed by atoms with Crippen LogP contribution in [0.25, 0.3) is 0 Å². The molecule has 5 heteroatoms. The Hall–Kier alpha value is -0.810. The molecule has 0 N–H and O–H groups in total. The van der Waals surface area contributed by atoms with E-state index < -0.39 is 0 Å². The Morgan fingerprint density at radius 2 is 2.43 bits per heavy atom. The number of aromatic nitrogens is 2. The molecule has 0 saturated heterocycles. The first-order valence-corrected chi connectivity index (χ1v) is 6.22. The second kappa shape index (κ2) is 4.61. The van der Waals surface area contributed by atoms with Crippen molar-refractivity contribution in [1.82, 2.24) is 10.2 Å². The maximum atomic E-state index is 5.44. The van der Waals surface area contributed by atoms with E-state index in [4.69, 9.17) is 4.42 Å². The van der Waals surface area contributed by atoms with E-state index in [0.29, 0.717) is 11.1 Å². The molecule has 0 saturated carbocycles. The van der Waals surface area contributed by atoms with Crippen molar-refractivity contribution in [3.8, 4) is 0 Å². The Labute approximate surface area is 90.5 Å². The van der Waals surface area contributed by atoms with E-state index in [1.54, 1.807) is 23.1 Å². The summed E-state index contributed by atoms with van der Waals surface area (Å²) in [5.74, 6) is 1.66. The molecule has 0 aliphatic heterocycles. The van der Waals surface area contributed by atoms with Gasteiger partial charge in [-0.1, -0.05) is 24.8 Å². The average molecular weight is 226 g/mol. The van der Waals surface area contributed by atoms with Crippen LogP contribution in [0.3, 0.4) is 0 Å². The van der Waals surface area contributed by atoms with E-state index in [9.17, 15) is 0 Å². The van der Waals surface area contributed by atoms with Crippen molar-refractivity contribution in [2.24, 2.45) is 0 Å². The zero-order valence-corrected chi connectivity index (χ0v) is 9.40. The molecular weight excluding hydrogens is 216 g/mol. The van der Waals surface area contributed by atoms with Crippen LogP contribution in [-0.2, 0) is 6.42 Å². The molecule has 0 bridgehead atoms. The van der Waals surface area contributed by atoms with Crippen molar-refractivity contribution >= 4 is 23.1 Å². The second-order valence-electron chi connectivity index (χ2n) is 2.65. The van der Waals surface area contributed by atoms with Gasteiger partial charge < -0.3 is 4.42 Å². The van der Waals surface area contributed by atoms with Crippen molar-refractivity contribution in [2.75, 3.05) is 5.75 Å². The van der Waals surface area contributed by atoms with Crippen LogP contribution in [0, 0.1) is 0 Å². The Bertz CT molecular complexity index is 383. The zero-order valence-electron chi connectivity index (χ0n) is 7.77. The van der Waals surface area contributed by atoms with Crippen LogP contribution in [0.1, 0.15) is 17.7 Å². The maximum absolute atomic E-state index is 5.44. The van der Waals surface area contributed by atoms with E-state index in [2.05, 4.69) is 23.2 Å². The molecular formula is C9H10N2OS2. The zero-order chi connectivity index (χ0) is 9.80. The van der Waals surface area contributed by atoms with Crippen molar-refractivity contribution in [3.63, 3.8) is 0 Å². The van der Waals surface area contributed by atoms with Crippen molar-refractivity contribution in [3.05, 3.63) is 28.3 Å². The predicted molar refractivity (Wildman–Crippen MR) is 57.8 cm³/mol. The highest BCUT2D eigenvalue weighted by atomic mass is 32.2. The van der Waals surface area contributed by atoms with Crippen LogP contribution in [-0.4, -0.2) is 16.0 Å². The van der Waals surface area contributed by atoms with Gasteiger partial charge in [0, 0.05) is 4.88 Å². The fourth-order valence-electron chi connectivity index (χ4n) is 1.05. The Morgan fingerprint density at radius 3 is 3.14 bits per heavy atom. The van der Waals surface area contributed by atoms with Crippen LogP contribution in [0.4, 0.5) is 0 Å². The summed E-state index contributed by atoms with van der Waals surface area (Å²) in [7, 11) is 0. The minimum absolute atomic E-state index is 0.666. The number of hydrogen-bond acceptors (Lipinski definition) is 5. The minimum atomic E-state index is 0.666. The second-order valence-corrected chi connectivity index (χ2v) is 4.90. The molecule has 0 aliphatic carbocycles. The number of hydrogen-bond donors (Lipinski definition) is 0. The number of thiophene rings is 1. The third-order valence-corrected chi connectivity index (χ3v) is 3.20. The first-order chi connectivity index (χ1) is 6.88. The molecule has 14 heavy (non-hydrogen) atoms. The van der Waals surface area contributed by atoms with Crippen molar-refractivity contribution < 1.29 is 4.42 Å². The van der Waals surface area contributed by atoms with Crippen molar-refractivity contribution in [1.29, 1.82) is 0 Å². The molecule has 0 aromatic carbocycles. The molecule has 0 aliphatic rings. The van der Waals surface area contributed by atoms with Gasteiger partial charge in [-0.3, -0.25) is 0 Å². The highest BCUT2D eigenvalue weighted by molar-refractivity contribution is 7.99. The first kappa shape index (κ1) is 9.73. The van der Waals surface area contributed by atoms with Crippen molar-refractivity contribution in [2.45, 2.75) is 18.6 Å². The summed E-state index contributed by atoms with van der Waals surface area (Å²) in [5, 5.41) is 10.6. The van der Waals surface area contributed by atoms with Gasteiger partial charge in [0.2, 0.25) is 5.89 Å². The number of rotatable bonds is 4. The van der Waals surface area contributed by atoms with Gasteiger partial charge in [-0.05, 0) is 17.2 Å². The summed E-state index contributed by atoms with van der Waals surface area (Å²) in [6.45, 7) is 2.06. The van der Waals surface area contributed by atoms with Gasteiger partial charge in [0.1, 0.15) is 0 Å². The SMILES string of the molecule is CCSc1nnc(Cc2cccs2)o1. The van der Waals surface area contributed by atoms with E-state index in [1.165, 1.54) is 4.88 Å². The number of nitrogens with zero attached hydrogens (tertiary/aromatic N) is 2. The fourth-order valence-corrected chi connectivity index (χ4v) is 2.25. The molecule has 2 aromatic rings. The van der Waals surface area contributed by atoms with Gasteiger partial charge in [-0.15, -0.1) is 21.5 Å². The Morgan fingerprint density at radius 1 is 1.50 bits per heavy atom. The lowest BCUT2D eigenvalue weighted by atomic mass is 10.3. The van der Waals surface area contributed by atoms with E-state index in [1.807, 2.05) is 11.4 Å². The summed E-state index contributed by atoms with van der Waals surface area (Å²) in [5.41, 5.74) is 0. The Kier molecular flexibility index (Phi) is 3.21. The molecule has 74 valence electrons. The molecule has 0 atom stereocenters. The van der Waals surface area contributed by atoms with Crippen LogP contribution < -0.4 is 0 Å². The molecule has 3 nitrogen and oxygen atoms in total. The normalized spacial score (nSPS) is 10.6. The highest BCUT2D eigenvalue weighted by Crippen LogP contribution is 2.18. The standard InChI is InChI=1S/C9H10N2OS2/c1-2-13-9-11-10-8(12-9)6-7-4-3-5-14-7/h3-5H,2,6H2,1H3. The molecule has 2 rings (SSSR count). The predicted octanol–water partition coefficient (Wildman–Crippen LogP) is 2.83. The molecule has 0 amide bonds. The largest absolute Gasteiger partial charge is 0.416 e. The lowest BCUT2D eigenvalue weighted by molar-refractivity contribution is 0.421. The smallest absolute Gasteiger partial charge is 0.276 e. The van der Waals surface area contributed by atoms with Crippen LogP contribution in [0.5, 0.6) is 0 Å². The molecule has 0 spiro atoms. The lowest BCUT2D eigenvalue weighted by Crippen LogP contribution is -1.83. The van der Waals surface area contributed by atoms with Gasteiger partial charge in [-0.2, -0.15) is 0 Å². The average Bonchev–Trinajstić information content (AvgIpc) is 2.79. The Balaban J connectivity index is 2.03. The molecule has 0 unspecified atom stereocenters. The van der Waals surface area contributed by atoms with Gasteiger partial charge in [0.05, 0.1) is 6.42 Å². The monoisotopic (exact) mass is 226 g/mol. The van der Waals surface area contributed by atoms with E-state index in [-0.39, 0.29) is 0 Å². The van der Waals surface area contributed by atoms with E-state index >= 15 is 0 Å². The molecule has 2 aromatic heterocycles. The summed E-state index contributed by atoms with van der Waals surface area (Å²) in [6.07, 6.45) is 0.745. The maximum Gasteiger partial charge on any atom is 0.276 e. The van der Waals surface area contributed by atoms with Gasteiger partial charge in [0.15, 0.2) is 0 Å². The molecule has 0 radical (unpaired) electrons. The topological polar surface area (TPSA) is 38.9 Å². The summed E-state index contributed by atoms with van der Waals surface area (Å²) < 4.78 is 5.44. The molecule has 2 heterocycles. The third-order valence-electron chi connectivity index (χ3n) is 1.62. The minimum Gasteiger partial charge on any atom is -0.416 e. The quantitative estimate of drug-likeness (QED) is 0.751. The lowest BCUT2D eigenvalue weighted by Gasteiger charge is -1.89. The first-order valence-electron chi connectivity index (χ1n) is 4.36. The summed E-state index contributed by atoms with van der Waals surface area (Å²) in [4.78, 5) is 1.25. The van der Waals surface area contributed by atoms with Crippen LogP contribution in [0.2, 0.25) is 0 Å². The third kappa shape index (κ3) is 2.36. The highest BCUT2D eigenvalue weighted by Gasteiger charge is 2.06. The van der Waals surface area contributed by atoms with E-state index in [0.717, 1.165) is 12.2 Å². The van der Waals surface area contributed by atoms with Crippen LogP contribution >= 0.6 is 23.1 Å². The van der Waals surface area contributed by atoms with Gasteiger partial charge in [-0.25, -0.2) is 0 Å². The van der Waals surface area contributed by atoms with Gasteiger partial charge in [0.25, 0.3) is 5.22 Å². The number of thioether (sulfide) groups is 1. The molecule has 0 fully saturated rings. The fraction of sp³-hybridized carbons (Fsp3) is 0.333. The van der Waals surface area contributed by atoms with Crippen LogP contribution in [0.15, 0.2) is 27.2 Å². The van der Waals surface area contributed by atoms with Gasteiger partial charge >= 0.3 is 0 Å². The summed E-state index contributed by atoms with van der Waals surface area (Å²) in [6, 6.07) is 4.10.